The molecule has 2 aromatic rings. The maximum Gasteiger partial charge on any atom is 0.272 e. The second kappa shape index (κ2) is 8.81. The standard InChI is InChI=1S/C19H22ClN5O2/c1-14-22-17(19(27)25-9-7-24(13-26)8-10-25)12-18(23-14)21-6-5-15-3-2-4-16(20)11-15/h2-4,11-13H,5-10H2,1H3,(H,21,22,23). The SMILES string of the molecule is Cc1nc(NCCc2cccc(Cl)c2)cc(C(=O)N2CCN(C=O)CC2)n1. The highest BCUT2D eigenvalue weighted by molar-refractivity contribution is 6.30. The summed E-state index contributed by atoms with van der Waals surface area (Å²) in [5, 5.41) is 3.96. The predicted octanol–water partition coefficient (Wildman–Crippen LogP) is 2.01. The number of halogens is 1. The van der Waals surface area contributed by atoms with Crippen molar-refractivity contribution < 1.29 is 9.59 Å². The first-order valence-electron chi connectivity index (χ1n) is 8.88. The minimum Gasteiger partial charge on any atom is -0.370 e. The molecule has 2 heterocycles. The molecular weight excluding hydrogens is 366 g/mol. The van der Waals surface area contributed by atoms with Crippen LogP contribution in [0.4, 0.5) is 5.82 Å². The van der Waals surface area contributed by atoms with Crippen LogP contribution in [0, 0.1) is 6.92 Å². The lowest BCUT2D eigenvalue weighted by atomic mass is 10.1. The summed E-state index contributed by atoms with van der Waals surface area (Å²) in [5.41, 5.74) is 1.50. The highest BCUT2D eigenvalue weighted by Gasteiger charge is 2.23. The fourth-order valence-electron chi connectivity index (χ4n) is 2.99. The van der Waals surface area contributed by atoms with Crippen molar-refractivity contribution in [1.29, 1.82) is 0 Å². The topological polar surface area (TPSA) is 78.4 Å². The van der Waals surface area contributed by atoms with Crippen molar-refractivity contribution in [1.82, 2.24) is 19.8 Å². The number of carbonyl (C=O) groups is 2. The van der Waals surface area contributed by atoms with Gasteiger partial charge in [0, 0.05) is 43.8 Å². The van der Waals surface area contributed by atoms with Gasteiger partial charge in [0.15, 0.2) is 0 Å². The van der Waals surface area contributed by atoms with Gasteiger partial charge in [-0.2, -0.15) is 0 Å². The van der Waals surface area contributed by atoms with Gasteiger partial charge in [-0.1, -0.05) is 23.7 Å². The number of nitrogens with zero attached hydrogens (tertiary/aromatic N) is 4. The third kappa shape index (κ3) is 5.17. The Morgan fingerprint density at radius 2 is 2.00 bits per heavy atom. The van der Waals surface area contributed by atoms with Crippen molar-refractivity contribution in [3.63, 3.8) is 0 Å². The third-order valence-corrected chi connectivity index (χ3v) is 4.65. The quantitative estimate of drug-likeness (QED) is 0.767. The Balaban J connectivity index is 1.61. The Hall–Kier alpha value is -2.67. The first-order valence-corrected chi connectivity index (χ1v) is 9.25. The highest BCUT2D eigenvalue weighted by Crippen LogP contribution is 2.13. The van der Waals surface area contributed by atoms with Crippen LogP contribution < -0.4 is 5.32 Å². The fourth-order valence-corrected chi connectivity index (χ4v) is 3.20. The number of nitrogens with one attached hydrogen (secondary N) is 1. The molecule has 142 valence electrons. The van der Waals surface area contributed by atoms with Crippen molar-refractivity contribution >= 4 is 29.7 Å². The fraction of sp³-hybridized carbons (Fsp3) is 0.368. The molecule has 0 bridgehead atoms. The van der Waals surface area contributed by atoms with E-state index in [2.05, 4.69) is 15.3 Å². The molecule has 1 aliphatic heterocycles. The Morgan fingerprint density at radius 1 is 1.22 bits per heavy atom. The van der Waals surface area contributed by atoms with Gasteiger partial charge in [0.1, 0.15) is 17.3 Å². The molecule has 1 saturated heterocycles. The van der Waals surface area contributed by atoms with Crippen LogP contribution in [-0.2, 0) is 11.2 Å². The van der Waals surface area contributed by atoms with E-state index in [0.29, 0.717) is 55.1 Å². The van der Waals surface area contributed by atoms with E-state index >= 15 is 0 Å². The lowest BCUT2D eigenvalue weighted by molar-refractivity contribution is -0.119. The van der Waals surface area contributed by atoms with E-state index in [1.165, 1.54) is 0 Å². The summed E-state index contributed by atoms with van der Waals surface area (Å²) >= 11 is 6.00. The van der Waals surface area contributed by atoms with Crippen LogP contribution in [-0.4, -0.2) is 64.8 Å². The molecule has 2 amide bonds. The second-order valence-corrected chi connectivity index (χ2v) is 6.86. The smallest absolute Gasteiger partial charge is 0.272 e. The van der Waals surface area contributed by atoms with Crippen LogP contribution >= 0.6 is 11.6 Å². The lowest BCUT2D eigenvalue weighted by Crippen LogP contribution is -2.48. The van der Waals surface area contributed by atoms with Gasteiger partial charge in [-0.15, -0.1) is 0 Å². The summed E-state index contributed by atoms with van der Waals surface area (Å²) in [6, 6.07) is 9.40. The molecule has 0 saturated carbocycles. The average molecular weight is 388 g/mol. The number of anilines is 1. The summed E-state index contributed by atoms with van der Waals surface area (Å²) in [6.45, 7) is 4.55. The van der Waals surface area contributed by atoms with Crippen LogP contribution in [0.1, 0.15) is 21.9 Å². The van der Waals surface area contributed by atoms with Crippen LogP contribution in [0.5, 0.6) is 0 Å². The molecule has 27 heavy (non-hydrogen) atoms. The number of aryl methyl sites for hydroxylation is 1. The predicted molar refractivity (Wildman–Crippen MR) is 104 cm³/mol. The maximum atomic E-state index is 12.7. The first-order chi connectivity index (χ1) is 13.0. The number of benzene rings is 1. The van der Waals surface area contributed by atoms with Crippen molar-refractivity contribution in [2.45, 2.75) is 13.3 Å². The molecule has 7 nitrogen and oxygen atoms in total. The number of rotatable bonds is 6. The molecule has 0 aliphatic carbocycles. The van der Waals surface area contributed by atoms with Gasteiger partial charge >= 0.3 is 0 Å². The average Bonchev–Trinajstić information content (AvgIpc) is 2.67. The minimum atomic E-state index is -0.135. The zero-order chi connectivity index (χ0) is 19.2. The largest absolute Gasteiger partial charge is 0.370 e. The van der Waals surface area contributed by atoms with E-state index in [9.17, 15) is 9.59 Å². The molecule has 0 spiro atoms. The van der Waals surface area contributed by atoms with Crippen molar-refractivity contribution in [3.05, 3.63) is 52.4 Å². The zero-order valence-corrected chi connectivity index (χ0v) is 15.9. The van der Waals surface area contributed by atoms with Crippen molar-refractivity contribution in [2.75, 3.05) is 38.0 Å². The molecule has 1 fully saturated rings. The van der Waals surface area contributed by atoms with E-state index < -0.39 is 0 Å². The maximum absolute atomic E-state index is 12.7. The monoisotopic (exact) mass is 387 g/mol. The Bertz CT molecular complexity index is 821. The number of hydrogen-bond acceptors (Lipinski definition) is 5. The van der Waals surface area contributed by atoms with Gasteiger partial charge in [-0.25, -0.2) is 9.97 Å². The van der Waals surface area contributed by atoms with Gasteiger partial charge in [0.05, 0.1) is 0 Å². The molecule has 3 rings (SSSR count). The Morgan fingerprint density at radius 3 is 2.70 bits per heavy atom. The minimum absolute atomic E-state index is 0.135. The summed E-state index contributed by atoms with van der Waals surface area (Å²) in [4.78, 5) is 35.6. The molecule has 0 unspecified atom stereocenters. The van der Waals surface area contributed by atoms with E-state index in [4.69, 9.17) is 11.6 Å². The van der Waals surface area contributed by atoms with Crippen LogP contribution in [0.2, 0.25) is 5.02 Å². The summed E-state index contributed by atoms with van der Waals surface area (Å²) in [7, 11) is 0. The summed E-state index contributed by atoms with van der Waals surface area (Å²) < 4.78 is 0. The van der Waals surface area contributed by atoms with Crippen LogP contribution in [0.15, 0.2) is 30.3 Å². The zero-order valence-electron chi connectivity index (χ0n) is 15.2. The van der Waals surface area contributed by atoms with Crippen LogP contribution in [0.25, 0.3) is 0 Å². The van der Waals surface area contributed by atoms with Gasteiger partial charge in [0.25, 0.3) is 5.91 Å². The van der Waals surface area contributed by atoms with Gasteiger partial charge in [-0.05, 0) is 31.0 Å². The Labute approximate surface area is 163 Å². The number of hydrogen-bond donors (Lipinski definition) is 1. The number of aromatic nitrogens is 2. The lowest BCUT2D eigenvalue weighted by Gasteiger charge is -2.32. The molecule has 1 aromatic carbocycles. The van der Waals surface area contributed by atoms with E-state index in [0.717, 1.165) is 18.4 Å². The highest BCUT2D eigenvalue weighted by atomic mass is 35.5. The number of amides is 2. The van der Waals surface area contributed by atoms with Crippen LogP contribution in [0.3, 0.4) is 0 Å². The van der Waals surface area contributed by atoms with E-state index in [1.54, 1.807) is 22.8 Å². The molecule has 1 aliphatic rings. The van der Waals surface area contributed by atoms with Crippen molar-refractivity contribution in [2.24, 2.45) is 0 Å². The third-order valence-electron chi connectivity index (χ3n) is 4.42. The molecule has 8 heteroatoms. The summed E-state index contributed by atoms with van der Waals surface area (Å²) in [6.07, 6.45) is 1.61. The van der Waals surface area contributed by atoms with Gasteiger partial charge in [-0.3, -0.25) is 9.59 Å². The van der Waals surface area contributed by atoms with E-state index in [1.807, 2.05) is 24.3 Å². The van der Waals surface area contributed by atoms with Gasteiger partial charge < -0.3 is 15.1 Å². The normalized spacial score (nSPS) is 14.1. The molecule has 0 radical (unpaired) electrons. The van der Waals surface area contributed by atoms with E-state index in [-0.39, 0.29) is 5.91 Å². The van der Waals surface area contributed by atoms with Gasteiger partial charge in [0.2, 0.25) is 6.41 Å². The second-order valence-electron chi connectivity index (χ2n) is 6.43. The molecule has 1 N–H and O–H groups in total. The molecule has 1 aromatic heterocycles. The Kier molecular flexibility index (Phi) is 6.24. The summed E-state index contributed by atoms with van der Waals surface area (Å²) in [5.74, 6) is 1.03. The van der Waals surface area contributed by atoms with Crippen molar-refractivity contribution in [3.8, 4) is 0 Å². The first kappa shape index (κ1) is 19.1. The number of carbonyl (C=O) groups excluding carboxylic acids is 2. The molecular formula is C19H22ClN5O2. The molecule has 0 atom stereocenters. The number of piperazine rings is 1.